The summed E-state index contributed by atoms with van der Waals surface area (Å²) in [5, 5.41) is 26.4. The van der Waals surface area contributed by atoms with Crippen LogP contribution in [0.4, 0.5) is 5.95 Å². The monoisotopic (exact) mass is 781 g/mol. The van der Waals surface area contributed by atoms with Crippen LogP contribution < -0.4 is 21.3 Å². The number of aryl methyl sites for hydroxylation is 1. The van der Waals surface area contributed by atoms with E-state index in [0.717, 1.165) is 89.3 Å². The van der Waals surface area contributed by atoms with Crippen molar-refractivity contribution in [2.45, 2.75) is 65.5 Å². The number of likely N-dealkylation sites (N-methyl/N-ethyl adjacent to an activating group) is 3. The first-order chi connectivity index (χ1) is 27.2. The Morgan fingerprint density at radius 2 is 1.46 bits per heavy atom. The fourth-order valence-electron chi connectivity index (χ4n) is 6.73. The van der Waals surface area contributed by atoms with E-state index in [2.05, 4.69) is 76.7 Å². The highest BCUT2D eigenvalue weighted by Crippen LogP contribution is 2.16. The molecule has 1 fully saturated rings. The third-order valence-corrected chi connectivity index (χ3v) is 10.4. The van der Waals surface area contributed by atoms with Gasteiger partial charge in [-0.15, -0.1) is 0 Å². The minimum Gasteiger partial charge on any atom is -0.480 e. The number of carboxylic acids is 1. The zero-order valence-electron chi connectivity index (χ0n) is 33.6. The van der Waals surface area contributed by atoms with Crippen LogP contribution in [0.3, 0.4) is 0 Å². The molecular formula is C39H64N12O5. The van der Waals surface area contributed by atoms with Crippen molar-refractivity contribution in [2.75, 3.05) is 103 Å². The predicted molar refractivity (Wildman–Crippen MR) is 218 cm³/mol. The summed E-state index contributed by atoms with van der Waals surface area (Å²) in [5.41, 5.74) is 1.25. The van der Waals surface area contributed by atoms with Gasteiger partial charge in [0.2, 0.25) is 11.8 Å². The van der Waals surface area contributed by atoms with Crippen molar-refractivity contribution in [3.05, 3.63) is 42.4 Å². The van der Waals surface area contributed by atoms with E-state index in [1.807, 2.05) is 10.7 Å². The molecule has 0 aliphatic carbocycles. The minimum absolute atomic E-state index is 0.00470. The Labute approximate surface area is 330 Å². The summed E-state index contributed by atoms with van der Waals surface area (Å²) in [5.74, 6) is -1.35. The quantitative estimate of drug-likeness (QED) is 0.0855. The Kier molecular flexibility index (Phi) is 19.0. The predicted octanol–water partition coefficient (Wildman–Crippen LogP) is 1.52. The molecule has 2 aromatic heterocycles. The van der Waals surface area contributed by atoms with Crippen molar-refractivity contribution in [1.29, 1.82) is 0 Å². The Morgan fingerprint density at radius 3 is 2.07 bits per heavy atom. The summed E-state index contributed by atoms with van der Waals surface area (Å²) in [4.78, 5) is 67.1. The van der Waals surface area contributed by atoms with Gasteiger partial charge >= 0.3 is 5.97 Å². The second kappa shape index (κ2) is 24.1. The number of hydrogen-bond acceptors (Lipinski definition) is 11. The molecule has 1 aromatic carbocycles. The number of aliphatic carboxylic acids is 1. The summed E-state index contributed by atoms with van der Waals surface area (Å²) in [6, 6.07) is 3.94. The molecule has 0 radical (unpaired) electrons. The van der Waals surface area contributed by atoms with Crippen molar-refractivity contribution in [1.82, 2.24) is 55.3 Å². The number of nitrogens with one attached hydrogen (secondary N) is 5. The van der Waals surface area contributed by atoms with Crippen LogP contribution in [0, 0.1) is 0 Å². The standard InChI is InChI=1S/C39H64N12O5/c1-4-47-19-21-48(5-2)23-25-50(26-24-49(6-3)22-20-47)30-36(53)40-14-9-7-8-11-35(52)46-33(38(55)56)29-44-37(54)31-12-13-34-32(27-31)28-45-51(34)18-10-15-41-39-42-16-17-43-39/h12-13,16-17,27-28,33H,4-11,14-15,18-26,29-30H2,1-3H3,(H,40,53)(H,44,54)(H,46,52)(H,55,56)(H2,41,42,43)/t33-/m0/s1. The van der Waals surface area contributed by atoms with Crippen LogP contribution in [0.25, 0.3) is 10.9 Å². The van der Waals surface area contributed by atoms with Gasteiger partial charge in [0.25, 0.3) is 5.91 Å². The highest BCUT2D eigenvalue weighted by atomic mass is 16.4. The third-order valence-electron chi connectivity index (χ3n) is 10.4. The van der Waals surface area contributed by atoms with Crippen molar-refractivity contribution >= 4 is 40.5 Å². The Hall–Kier alpha value is -4.58. The number of amides is 3. The van der Waals surface area contributed by atoms with Gasteiger partial charge in [-0.05, 0) is 57.1 Å². The number of nitrogens with zero attached hydrogens (tertiary/aromatic N) is 7. The van der Waals surface area contributed by atoms with E-state index in [4.69, 9.17) is 0 Å². The Morgan fingerprint density at radius 1 is 0.804 bits per heavy atom. The van der Waals surface area contributed by atoms with E-state index >= 15 is 0 Å². The highest BCUT2D eigenvalue weighted by molar-refractivity contribution is 5.98. The molecular weight excluding hydrogens is 717 g/mol. The summed E-state index contributed by atoms with van der Waals surface area (Å²) >= 11 is 0. The van der Waals surface area contributed by atoms with Gasteiger partial charge in [-0.25, -0.2) is 9.78 Å². The van der Waals surface area contributed by atoms with Crippen molar-refractivity contribution in [3.8, 4) is 0 Å². The molecule has 56 heavy (non-hydrogen) atoms. The molecule has 17 nitrogen and oxygen atoms in total. The number of anilines is 1. The molecule has 1 aliphatic heterocycles. The summed E-state index contributed by atoms with van der Waals surface area (Å²) < 4.78 is 1.87. The normalized spacial score (nSPS) is 16.1. The van der Waals surface area contributed by atoms with Crippen LogP contribution in [-0.4, -0.2) is 172 Å². The molecule has 3 aromatic rings. The summed E-state index contributed by atoms with van der Waals surface area (Å²) in [6.45, 7) is 19.4. The van der Waals surface area contributed by atoms with Crippen molar-refractivity contribution < 1.29 is 24.3 Å². The largest absolute Gasteiger partial charge is 0.480 e. The van der Waals surface area contributed by atoms with E-state index in [-0.39, 0.29) is 18.9 Å². The number of carbonyl (C=O) groups excluding carboxylic acids is 3. The average Bonchev–Trinajstić information content (AvgIpc) is 3.87. The maximum atomic E-state index is 12.9. The van der Waals surface area contributed by atoms with Gasteiger partial charge < -0.3 is 46.1 Å². The number of H-pyrrole nitrogens is 1. The van der Waals surface area contributed by atoms with Gasteiger partial charge in [0.1, 0.15) is 6.04 Å². The number of rotatable bonds is 21. The lowest BCUT2D eigenvalue weighted by molar-refractivity contribution is -0.141. The number of benzene rings is 1. The van der Waals surface area contributed by atoms with E-state index in [1.165, 1.54) is 0 Å². The number of carbonyl (C=O) groups is 4. The topological polar surface area (TPSA) is 196 Å². The van der Waals surface area contributed by atoms with Crippen LogP contribution in [0.1, 0.15) is 63.2 Å². The molecule has 310 valence electrons. The van der Waals surface area contributed by atoms with E-state index in [1.54, 1.807) is 30.7 Å². The second-order valence-corrected chi connectivity index (χ2v) is 14.3. The lowest BCUT2D eigenvalue weighted by Gasteiger charge is -2.33. The van der Waals surface area contributed by atoms with Crippen molar-refractivity contribution in [2.24, 2.45) is 0 Å². The molecule has 0 unspecified atom stereocenters. The number of unbranched alkanes of at least 4 members (excludes halogenated alkanes) is 2. The zero-order chi connectivity index (χ0) is 40.1. The van der Waals surface area contributed by atoms with Gasteiger partial charge in [-0.2, -0.15) is 5.10 Å². The molecule has 3 heterocycles. The maximum absolute atomic E-state index is 12.9. The van der Waals surface area contributed by atoms with Crippen LogP contribution in [0.2, 0.25) is 0 Å². The maximum Gasteiger partial charge on any atom is 0.328 e. The number of aromatic nitrogens is 4. The number of imidazole rings is 1. The van der Waals surface area contributed by atoms with Gasteiger partial charge in [0.05, 0.1) is 18.3 Å². The van der Waals surface area contributed by atoms with Crippen LogP contribution in [-0.2, 0) is 20.9 Å². The smallest absolute Gasteiger partial charge is 0.328 e. The van der Waals surface area contributed by atoms with Crippen molar-refractivity contribution in [3.63, 3.8) is 0 Å². The molecule has 1 saturated heterocycles. The lowest BCUT2D eigenvalue weighted by Crippen LogP contribution is -2.48. The number of fused-ring (bicyclic) bond motifs is 1. The lowest BCUT2D eigenvalue weighted by atomic mass is 10.1. The first kappa shape index (κ1) is 44.1. The van der Waals surface area contributed by atoms with Gasteiger partial charge in [0, 0.05) is 108 Å². The molecule has 6 N–H and O–H groups in total. The van der Waals surface area contributed by atoms with Crippen LogP contribution in [0.15, 0.2) is 36.8 Å². The van der Waals surface area contributed by atoms with Crippen LogP contribution in [0.5, 0.6) is 0 Å². The fourth-order valence-corrected chi connectivity index (χ4v) is 6.73. The first-order valence-electron chi connectivity index (χ1n) is 20.3. The molecule has 3 amide bonds. The van der Waals surface area contributed by atoms with Gasteiger partial charge in [-0.3, -0.25) is 24.0 Å². The minimum atomic E-state index is -1.27. The highest BCUT2D eigenvalue weighted by Gasteiger charge is 2.22. The summed E-state index contributed by atoms with van der Waals surface area (Å²) in [6.07, 6.45) is 8.07. The Balaban J connectivity index is 1.11. The molecule has 17 heteroatoms. The summed E-state index contributed by atoms with van der Waals surface area (Å²) in [7, 11) is 0. The average molecular weight is 781 g/mol. The molecule has 0 spiro atoms. The first-order valence-corrected chi connectivity index (χ1v) is 20.3. The van der Waals surface area contributed by atoms with E-state index < -0.39 is 23.8 Å². The zero-order valence-corrected chi connectivity index (χ0v) is 33.6. The fraction of sp³-hybridized carbons (Fsp3) is 0.641. The molecule has 1 aliphatic rings. The Bertz CT molecular complexity index is 1610. The molecule has 4 rings (SSSR count). The van der Waals surface area contributed by atoms with E-state index in [9.17, 15) is 24.3 Å². The molecule has 0 bridgehead atoms. The third kappa shape index (κ3) is 15.2. The van der Waals surface area contributed by atoms with Gasteiger partial charge in [0.15, 0.2) is 5.95 Å². The number of carboxylic acid groups (broad SMARTS) is 1. The number of hydrogen-bond donors (Lipinski definition) is 6. The second-order valence-electron chi connectivity index (χ2n) is 14.3. The van der Waals surface area contributed by atoms with E-state index in [0.29, 0.717) is 57.0 Å². The van der Waals surface area contributed by atoms with Gasteiger partial charge in [-0.1, -0.05) is 27.2 Å². The molecule has 0 saturated carbocycles. The SMILES string of the molecule is CCN1CCN(CC)CCN(CC(=O)NCCCCCC(=O)N[C@@H](CNC(=O)c2ccc3c(cnn3CCCNc3ncc[nH]3)c2)C(=O)O)CCN(CC)CC1. The number of aromatic amines is 1. The molecule has 1 atom stereocenters. The van der Waals surface area contributed by atoms with Crippen LogP contribution >= 0.6 is 0 Å².